The molecule has 6 heteroatoms. The van der Waals surface area contributed by atoms with Crippen molar-refractivity contribution in [2.45, 2.75) is 19.3 Å². The van der Waals surface area contributed by atoms with E-state index in [0.717, 1.165) is 17.7 Å². The van der Waals surface area contributed by atoms with Gasteiger partial charge < -0.3 is 5.32 Å². The monoisotopic (exact) mass is 322 g/mol. The van der Waals surface area contributed by atoms with Gasteiger partial charge in [0.15, 0.2) is 0 Å². The fraction of sp³-hybridized carbons (Fsp3) is 0.222. The van der Waals surface area contributed by atoms with Gasteiger partial charge in [-0.05, 0) is 17.7 Å². The zero-order chi connectivity index (χ0) is 16.8. The van der Waals surface area contributed by atoms with Crippen molar-refractivity contribution < 1.29 is 9.59 Å². The van der Waals surface area contributed by atoms with Gasteiger partial charge in [0.05, 0.1) is 24.1 Å². The van der Waals surface area contributed by atoms with Gasteiger partial charge in [-0.15, -0.1) is 0 Å². The van der Waals surface area contributed by atoms with Gasteiger partial charge in [-0.3, -0.25) is 14.6 Å². The number of carbonyl (C=O) groups excluding carboxylic acids is 2. The van der Waals surface area contributed by atoms with Crippen LogP contribution in [0, 0.1) is 0 Å². The summed E-state index contributed by atoms with van der Waals surface area (Å²) >= 11 is 0. The van der Waals surface area contributed by atoms with Crippen LogP contribution in [0.4, 0.5) is 5.69 Å². The maximum Gasteiger partial charge on any atom is 0.243 e. The lowest BCUT2D eigenvalue weighted by Gasteiger charge is -2.11. The number of pyridine rings is 1. The van der Waals surface area contributed by atoms with Crippen LogP contribution in [0.5, 0.6) is 0 Å². The van der Waals surface area contributed by atoms with Gasteiger partial charge in [0.25, 0.3) is 0 Å². The molecule has 2 amide bonds. The smallest absolute Gasteiger partial charge is 0.243 e. The van der Waals surface area contributed by atoms with Gasteiger partial charge in [0.2, 0.25) is 11.8 Å². The SMILES string of the molecule is O=C(CCC(=O)N1CCC(c2ccccc2)=N1)Nc1cccnc1. The van der Waals surface area contributed by atoms with Crippen molar-refractivity contribution >= 4 is 23.2 Å². The molecule has 0 fully saturated rings. The number of hydrogen-bond acceptors (Lipinski definition) is 4. The van der Waals surface area contributed by atoms with Crippen molar-refractivity contribution in [3.05, 3.63) is 60.4 Å². The molecule has 0 bridgehead atoms. The lowest BCUT2D eigenvalue weighted by molar-refractivity contribution is -0.132. The molecule has 0 saturated carbocycles. The third-order valence-corrected chi connectivity index (χ3v) is 3.71. The van der Waals surface area contributed by atoms with Crippen molar-refractivity contribution in [1.29, 1.82) is 0 Å². The van der Waals surface area contributed by atoms with Crippen molar-refractivity contribution in [3.8, 4) is 0 Å². The number of benzene rings is 1. The molecule has 0 unspecified atom stereocenters. The molecule has 1 aliphatic heterocycles. The number of hydrazone groups is 1. The highest BCUT2D eigenvalue weighted by molar-refractivity contribution is 6.02. The van der Waals surface area contributed by atoms with E-state index in [0.29, 0.717) is 12.2 Å². The molecule has 2 aromatic rings. The summed E-state index contributed by atoms with van der Waals surface area (Å²) in [7, 11) is 0. The quantitative estimate of drug-likeness (QED) is 0.918. The third-order valence-electron chi connectivity index (χ3n) is 3.71. The molecule has 0 saturated heterocycles. The Hall–Kier alpha value is -3.02. The number of anilines is 1. The molecule has 1 aromatic heterocycles. The molecular formula is C18H18N4O2. The second-order valence-electron chi connectivity index (χ2n) is 5.47. The number of nitrogens with zero attached hydrogens (tertiary/aromatic N) is 3. The van der Waals surface area contributed by atoms with Crippen LogP contribution in [-0.2, 0) is 9.59 Å². The average Bonchev–Trinajstić information content (AvgIpc) is 3.11. The highest BCUT2D eigenvalue weighted by Crippen LogP contribution is 2.15. The topological polar surface area (TPSA) is 74.7 Å². The maximum atomic E-state index is 12.2. The van der Waals surface area contributed by atoms with E-state index < -0.39 is 0 Å². The van der Waals surface area contributed by atoms with Crippen LogP contribution in [0.1, 0.15) is 24.8 Å². The van der Waals surface area contributed by atoms with E-state index in [1.807, 2.05) is 30.3 Å². The molecule has 3 rings (SSSR count). The minimum absolute atomic E-state index is 0.125. The van der Waals surface area contributed by atoms with E-state index in [1.54, 1.807) is 24.5 Å². The van der Waals surface area contributed by atoms with E-state index in [9.17, 15) is 9.59 Å². The molecule has 1 aliphatic rings. The summed E-state index contributed by atoms with van der Waals surface area (Å²) in [5.74, 6) is -0.343. The fourth-order valence-electron chi connectivity index (χ4n) is 2.48. The lowest BCUT2D eigenvalue weighted by Crippen LogP contribution is -2.25. The number of carbonyl (C=O) groups is 2. The molecule has 6 nitrogen and oxygen atoms in total. The first-order valence-electron chi connectivity index (χ1n) is 7.85. The van der Waals surface area contributed by atoms with E-state index in [2.05, 4.69) is 15.4 Å². The van der Waals surface area contributed by atoms with Gasteiger partial charge in [0, 0.05) is 25.5 Å². The number of rotatable bonds is 5. The zero-order valence-corrected chi connectivity index (χ0v) is 13.2. The molecule has 1 N–H and O–H groups in total. The van der Waals surface area contributed by atoms with Crippen LogP contribution in [0.15, 0.2) is 60.0 Å². The van der Waals surface area contributed by atoms with E-state index in [4.69, 9.17) is 0 Å². The predicted molar refractivity (Wildman–Crippen MR) is 91.4 cm³/mol. The molecule has 0 aliphatic carbocycles. The standard InChI is InChI=1S/C18H18N4O2/c23-17(20-15-7-4-11-19-13-15)8-9-18(24)22-12-10-16(21-22)14-5-2-1-3-6-14/h1-7,11,13H,8-10,12H2,(H,20,23). The van der Waals surface area contributed by atoms with Crippen LogP contribution in [-0.4, -0.2) is 34.1 Å². The summed E-state index contributed by atoms with van der Waals surface area (Å²) in [5.41, 5.74) is 2.56. The average molecular weight is 322 g/mol. The Morgan fingerprint density at radius 2 is 1.92 bits per heavy atom. The molecule has 24 heavy (non-hydrogen) atoms. The Morgan fingerprint density at radius 3 is 2.67 bits per heavy atom. The molecule has 1 aromatic carbocycles. The van der Waals surface area contributed by atoms with Crippen LogP contribution < -0.4 is 5.32 Å². The Kier molecular flexibility index (Phi) is 4.96. The Bertz CT molecular complexity index is 744. The van der Waals surface area contributed by atoms with Crippen LogP contribution in [0.3, 0.4) is 0 Å². The molecule has 2 heterocycles. The summed E-state index contributed by atoms with van der Waals surface area (Å²) in [6.45, 7) is 0.563. The van der Waals surface area contributed by atoms with Gasteiger partial charge in [-0.2, -0.15) is 5.10 Å². The summed E-state index contributed by atoms with van der Waals surface area (Å²) < 4.78 is 0. The van der Waals surface area contributed by atoms with Gasteiger partial charge >= 0.3 is 0 Å². The maximum absolute atomic E-state index is 12.2. The van der Waals surface area contributed by atoms with Gasteiger partial charge in [0.1, 0.15) is 0 Å². The number of nitrogens with one attached hydrogen (secondary N) is 1. The molecule has 122 valence electrons. The number of hydrogen-bond donors (Lipinski definition) is 1. The summed E-state index contributed by atoms with van der Waals surface area (Å²) in [4.78, 5) is 28.0. The predicted octanol–water partition coefficient (Wildman–Crippen LogP) is 2.44. The van der Waals surface area contributed by atoms with Crippen LogP contribution in [0.2, 0.25) is 0 Å². The highest BCUT2D eigenvalue weighted by atomic mass is 16.2. The molecule has 0 spiro atoms. The number of amides is 2. The second kappa shape index (κ2) is 7.50. The van der Waals surface area contributed by atoms with Crippen LogP contribution in [0.25, 0.3) is 0 Å². The second-order valence-corrected chi connectivity index (χ2v) is 5.47. The van der Waals surface area contributed by atoms with Crippen molar-refractivity contribution in [2.24, 2.45) is 5.10 Å². The largest absolute Gasteiger partial charge is 0.325 e. The zero-order valence-electron chi connectivity index (χ0n) is 13.2. The first-order valence-corrected chi connectivity index (χ1v) is 7.85. The summed E-state index contributed by atoms with van der Waals surface area (Å²) in [6.07, 6.45) is 4.20. The first kappa shape index (κ1) is 15.9. The van der Waals surface area contributed by atoms with Crippen molar-refractivity contribution in [3.63, 3.8) is 0 Å². The van der Waals surface area contributed by atoms with Gasteiger partial charge in [-0.1, -0.05) is 30.3 Å². The Balaban J connectivity index is 1.51. The summed E-state index contributed by atoms with van der Waals surface area (Å²) in [5, 5.41) is 8.55. The Morgan fingerprint density at radius 1 is 1.08 bits per heavy atom. The minimum Gasteiger partial charge on any atom is -0.325 e. The van der Waals surface area contributed by atoms with Crippen molar-refractivity contribution in [1.82, 2.24) is 9.99 Å². The lowest BCUT2D eigenvalue weighted by atomic mass is 10.1. The highest BCUT2D eigenvalue weighted by Gasteiger charge is 2.21. The van der Waals surface area contributed by atoms with Crippen molar-refractivity contribution in [2.75, 3.05) is 11.9 Å². The van der Waals surface area contributed by atoms with Gasteiger partial charge in [-0.25, -0.2) is 5.01 Å². The third kappa shape index (κ3) is 4.04. The van der Waals surface area contributed by atoms with E-state index in [1.165, 1.54) is 5.01 Å². The Labute approximate surface area is 140 Å². The molecule has 0 atom stereocenters. The van der Waals surface area contributed by atoms with E-state index >= 15 is 0 Å². The molecule has 0 radical (unpaired) electrons. The normalized spacial score (nSPS) is 13.5. The minimum atomic E-state index is -0.206. The number of aromatic nitrogens is 1. The van der Waals surface area contributed by atoms with E-state index in [-0.39, 0.29) is 24.7 Å². The van der Waals surface area contributed by atoms with Crippen LogP contribution >= 0.6 is 0 Å². The first-order chi connectivity index (χ1) is 11.7. The summed E-state index contributed by atoms with van der Waals surface area (Å²) in [6, 6.07) is 13.3. The molecular weight excluding hydrogens is 304 g/mol. The fourth-order valence-corrected chi connectivity index (χ4v) is 2.48.